The lowest BCUT2D eigenvalue weighted by Crippen LogP contribution is -2.43. The first-order valence-corrected chi connectivity index (χ1v) is 7.00. The van der Waals surface area contributed by atoms with E-state index in [9.17, 15) is 9.59 Å². The number of rotatable bonds is 5. The van der Waals surface area contributed by atoms with Gasteiger partial charge in [-0.05, 0) is 26.0 Å². The maximum absolute atomic E-state index is 11.5. The van der Waals surface area contributed by atoms with Gasteiger partial charge in [0.15, 0.2) is 0 Å². The van der Waals surface area contributed by atoms with Crippen LogP contribution in [0.15, 0.2) is 12.1 Å². The summed E-state index contributed by atoms with van der Waals surface area (Å²) in [6.45, 7) is 3.80. The second-order valence-electron chi connectivity index (χ2n) is 4.20. The van der Waals surface area contributed by atoms with E-state index in [-0.39, 0.29) is 18.7 Å². The minimum Gasteiger partial charge on any atom is -0.374 e. The molecule has 7 heteroatoms. The fourth-order valence-electron chi connectivity index (χ4n) is 1.39. The van der Waals surface area contributed by atoms with Crippen molar-refractivity contribution in [1.82, 2.24) is 10.6 Å². The van der Waals surface area contributed by atoms with Gasteiger partial charge in [-0.1, -0.05) is 11.6 Å². The number of hydrogen-bond donors (Lipinski definition) is 2. The van der Waals surface area contributed by atoms with E-state index in [2.05, 4.69) is 10.6 Å². The Hall–Kier alpha value is -1.11. The molecule has 1 rings (SSSR count). The summed E-state index contributed by atoms with van der Waals surface area (Å²) in [7, 11) is 1.54. The topological polar surface area (TPSA) is 67.4 Å². The van der Waals surface area contributed by atoms with E-state index in [4.69, 9.17) is 16.3 Å². The number of carbonyl (C=O) groups is 2. The van der Waals surface area contributed by atoms with Crippen LogP contribution in [0.4, 0.5) is 0 Å². The molecule has 0 radical (unpaired) electrons. The quantitative estimate of drug-likeness (QED) is 0.814. The fraction of sp³-hybridized carbons (Fsp3) is 0.500. The van der Waals surface area contributed by atoms with E-state index in [1.54, 1.807) is 27.0 Å². The van der Waals surface area contributed by atoms with Crippen molar-refractivity contribution in [3.05, 3.63) is 21.3 Å². The third-order valence-corrected chi connectivity index (χ3v) is 3.59. The van der Waals surface area contributed by atoms with Gasteiger partial charge >= 0.3 is 11.8 Å². The lowest BCUT2D eigenvalue weighted by Gasteiger charge is -2.15. The predicted molar refractivity (Wildman–Crippen MR) is 75.4 cm³/mol. The Morgan fingerprint density at radius 1 is 1.37 bits per heavy atom. The van der Waals surface area contributed by atoms with Crippen molar-refractivity contribution in [1.29, 1.82) is 0 Å². The summed E-state index contributed by atoms with van der Waals surface area (Å²) in [5.74, 6) is -1.31. The van der Waals surface area contributed by atoms with Gasteiger partial charge in [0.2, 0.25) is 0 Å². The van der Waals surface area contributed by atoms with Crippen molar-refractivity contribution in [3.63, 3.8) is 0 Å². The third kappa shape index (κ3) is 5.18. The molecule has 1 aromatic heterocycles. The van der Waals surface area contributed by atoms with Crippen LogP contribution >= 0.6 is 22.9 Å². The van der Waals surface area contributed by atoms with Gasteiger partial charge in [0.1, 0.15) is 6.10 Å². The number of methoxy groups -OCH3 is 1. The summed E-state index contributed by atoms with van der Waals surface area (Å²) in [4.78, 5) is 23.8. The van der Waals surface area contributed by atoms with Gasteiger partial charge in [-0.2, -0.15) is 0 Å². The molecule has 1 aromatic rings. The molecule has 1 unspecified atom stereocenters. The van der Waals surface area contributed by atoms with Crippen molar-refractivity contribution in [3.8, 4) is 0 Å². The van der Waals surface area contributed by atoms with E-state index in [1.165, 1.54) is 11.3 Å². The summed E-state index contributed by atoms with van der Waals surface area (Å²) in [5, 5.41) is 5.05. The van der Waals surface area contributed by atoms with E-state index in [0.717, 1.165) is 4.88 Å². The fourth-order valence-corrected chi connectivity index (χ4v) is 2.53. The molecule has 0 saturated heterocycles. The molecular formula is C12H17ClN2O3S. The van der Waals surface area contributed by atoms with E-state index in [0.29, 0.717) is 4.34 Å². The summed E-state index contributed by atoms with van der Waals surface area (Å²) in [6, 6.07) is 3.52. The molecule has 2 N–H and O–H groups in total. The van der Waals surface area contributed by atoms with Crippen LogP contribution in [0.3, 0.4) is 0 Å². The van der Waals surface area contributed by atoms with Crippen LogP contribution in [-0.4, -0.2) is 31.5 Å². The van der Waals surface area contributed by atoms with Crippen molar-refractivity contribution in [2.24, 2.45) is 0 Å². The minimum atomic E-state index is -0.668. The van der Waals surface area contributed by atoms with E-state index < -0.39 is 11.8 Å². The third-order valence-electron chi connectivity index (χ3n) is 2.27. The number of hydrogen-bond acceptors (Lipinski definition) is 4. The molecule has 19 heavy (non-hydrogen) atoms. The first-order chi connectivity index (χ1) is 8.93. The van der Waals surface area contributed by atoms with Crippen LogP contribution in [0.5, 0.6) is 0 Å². The first-order valence-electron chi connectivity index (χ1n) is 5.80. The predicted octanol–water partition coefficient (Wildman–Crippen LogP) is 1.73. The van der Waals surface area contributed by atoms with Gasteiger partial charge in [-0.25, -0.2) is 0 Å². The SMILES string of the molecule is COC(CNC(=O)C(=O)NC(C)C)c1ccc(Cl)s1. The Morgan fingerprint density at radius 3 is 2.53 bits per heavy atom. The molecule has 0 aliphatic rings. The smallest absolute Gasteiger partial charge is 0.309 e. The second kappa shape index (κ2) is 7.47. The lowest BCUT2D eigenvalue weighted by molar-refractivity contribution is -0.139. The number of amides is 2. The summed E-state index contributed by atoms with van der Waals surface area (Å²) in [5.41, 5.74) is 0. The van der Waals surface area contributed by atoms with Gasteiger partial charge in [0, 0.05) is 24.6 Å². The zero-order valence-electron chi connectivity index (χ0n) is 11.0. The van der Waals surface area contributed by atoms with Crippen LogP contribution in [0.1, 0.15) is 24.8 Å². The number of thiophene rings is 1. The molecule has 0 spiro atoms. The highest BCUT2D eigenvalue weighted by Gasteiger charge is 2.18. The Labute approximate surface area is 121 Å². The molecule has 5 nitrogen and oxygen atoms in total. The van der Waals surface area contributed by atoms with E-state index >= 15 is 0 Å². The molecule has 2 amide bonds. The van der Waals surface area contributed by atoms with Crippen molar-refractivity contribution < 1.29 is 14.3 Å². The van der Waals surface area contributed by atoms with Crippen LogP contribution < -0.4 is 10.6 Å². The number of ether oxygens (including phenoxy) is 1. The molecule has 1 atom stereocenters. The van der Waals surface area contributed by atoms with Crippen LogP contribution in [0.2, 0.25) is 4.34 Å². The van der Waals surface area contributed by atoms with Gasteiger partial charge in [-0.3, -0.25) is 9.59 Å². The number of halogens is 1. The monoisotopic (exact) mass is 304 g/mol. The van der Waals surface area contributed by atoms with Gasteiger partial charge in [0.25, 0.3) is 0 Å². The van der Waals surface area contributed by atoms with Crippen LogP contribution in [0, 0.1) is 0 Å². The molecule has 0 fully saturated rings. The Kier molecular flexibility index (Phi) is 6.27. The van der Waals surface area contributed by atoms with Crippen LogP contribution in [0.25, 0.3) is 0 Å². The zero-order chi connectivity index (χ0) is 14.4. The molecule has 106 valence electrons. The molecular weight excluding hydrogens is 288 g/mol. The molecule has 0 aromatic carbocycles. The van der Waals surface area contributed by atoms with Gasteiger partial charge in [-0.15, -0.1) is 11.3 Å². The Balaban J connectivity index is 2.50. The maximum Gasteiger partial charge on any atom is 0.309 e. The standard InChI is InChI=1S/C12H17ClN2O3S/c1-7(2)15-12(17)11(16)14-6-8(18-3)9-4-5-10(13)19-9/h4-5,7-8H,6H2,1-3H3,(H,14,16)(H,15,17). The highest BCUT2D eigenvalue weighted by Crippen LogP contribution is 2.28. The Bertz CT molecular complexity index is 448. The number of nitrogens with one attached hydrogen (secondary N) is 2. The molecule has 1 heterocycles. The van der Waals surface area contributed by atoms with Gasteiger partial charge < -0.3 is 15.4 Å². The normalized spacial score (nSPS) is 12.3. The van der Waals surface area contributed by atoms with Crippen LogP contribution in [-0.2, 0) is 14.3 Å². The van der Waals surface area contributed by atoms with Gasteiger partial charge in [0.05, 0.1) is 4.34 Å². The summed E-state index contributed by atoms with van der Waals surface area (Å²) < 4.78 is 5.92. The summed E-state index contributed by atoms with van der Waals surface area (Å²) in [6.07, 6.45) is -0.312. The Morgan fingerprint density at radius 2 is 2.05 bits per heavy atom. The van der Waals surface area contributed by atoms with Crippen molar-refractivity contribution in [2.45, 2.75) is 26.0 Å². The van der Waals surface area contributed by atoms with Crippen molar-refractivity contribution >= 4 is 34.8 Å². The largest absolute Gasteiger partial charge is 0.374 e. The van der Waals surface area contributed by atoms with Crippen molar-refractivity contribution in [2.75, 3.05) is 13.7 Å². The molecule has 0 aliphatic heterocycles. The molecule has 0 aliphatic carbocycles. The highest BCUT2D eigenvalue weighted by atomic mass is 35.5. The zero-order valence-corrected chi connectivity index (χ0v) is 12.6. The summed E-state index contributed by atoms with van der Waals surface area (Å²) >= 11 is 7.22. The highest BCUT2D eigenvalue weighted by molar-refractivity contribution is 7.16. The minimum absolute atomic E-state index is 0.0763. The number of carbonyl (C=O) groups excluding carboxylic acids is 2. The average molecular weight is 305 g/mol. The van der Waals surface area contributed by atoms with E-state index in [1.807, 2.05) is 6.07 Å². The molecule has 0 bridgehead atoms. The first kappa shape index (κ1) is 15.9. The average Bonchev–Trinajstić information content (AvgIpc) is 2.75. The second-order valence-corrected chi connectivity index (χ2v) is 5.95. The maximum atomic E-state index is 11.5. The lowest BCUT2D eigenvalue weighted by atomic mass is 10.3. The molecule has 0 saturated carbocycles.